The van der Waals surface area contributed by atoms with E-state index in [0.29, 0.717) is 0 Å². The quantitative estimate of drug-likeness (QED) is 0.824. The molecule has 3 nitrogen and oxygen atoms in total. The van der Waals surface area contributed by atoms with Gasteiger partial charge in [0, 0.05) is 31.7 Å². The van der Waals surface area contributed by atoms with Crippen molar-refractivity contribution in [3.63, 3.8) is 0 Å². The van der Waals surface area contributed by atoms with Gasteiger partial charge in [-0.05, 0) is 24.7 Å². The van der Waals surface area contributed by atoms with Crippen molar-refractivity contribution in [1.82, 2.24) is 14.9 Å². The highest BCUT2D eigenvalue weighted by Gasteiger charge is 1.98. The van der Waals surface area contributed by atoms with E-state index in [4.69, 9.17) is 0 Å². The highest BCUT2D eigenvalue weighted by molar-refractivity contribution is 5.48. The van der Waals surface area contributed by atoms with Crippen LogP contribution < -0.4 is 0 Å². The largest absolute Gasteiger partial charge is 0.297 e. The van der Waals surface area contributed by atoms with Crippen LogP contribution in [-0.2, 0) is 6.54 Å². The zero-order chi connectivity index (χ0) is 13.5. The molecule has 4 heteroatoms. The summed E-state index contributed by atoms with van der Waals surface area (Å²) in [5.74, 6) is -0.211. The first kappa shape index (κ1) is 13.4. The number of benzene rings is 1. The zero-order valence-corrected chi connectivity index (χ0v) is 10.8. The lowest BCUT2D eigenvalue weighted by atomic mass is 10.2. The van der Waals surface area contributed by atoms with Crippen molar-refractivity contribution in [2.75, 3.05) is 13.6 Å². The second-order valence-corrected chi connectivity index (χ2v) is 4.35. The number of rotatable bonds is 5. The Labute approximate surface area is 112 Å². The topological polar surface area (TPSA) is 29.0 Å². The summed E-state index contributed by atoms with van der Waals surface area (Å²) in [5.41, 5.74) is 1.94. The van der Waals surface area contributed by atoms with Crippen LogP contribution in [0.25, 0.3) is 6.08 Å². The Bertz CT molecular complexity index is 523. The van der Waals surface area contributed by atoms with Crippen LogP contribution in [0.4, 0.5) is 4.39 Å². The van der Waals surface area contributed by atoms with E-state index in [9.17, 15) is 4.39 Å². The fourth-order valence-electron chi connectivity index (χ4n) is 1.70. The van der Waals surface area contributed by atoms with E-state index < -0.39 is 0 Å². The lowest BCUT2D eigenvalue weighted by Crippen LogP contribution is -2.18. The first-order chi connectivity index (χ1) is 9.24. The van der Waals surface area contributed by atoms with Crippen LogP contribution in [0.3, 0.4) is 0 Å². The second-order valence-electron chi connectivity index (χ2n) is 4.35. The van der Waals surface area contributed by atoms with Crippen molar-refractivity contribution in [1.29, 1.82) is 0 Å². The Morgan fingerprint density at radius 1 is 1.21 bits per heavy atom. The molecule has 0 radical (unpaired) electrons. The van der Waals surface area contributed by atoms with E-state index in [0.717, 1.165) is 24.3 Å². The predicted molar refractivity (Wildman–Crippen MR) is 73.8 cm³/mol. The van der Waals surface area contributed by atoms with Crippen molar-refractivity contribution in [2.45, 2.75) is 6.54 Å². The Hall–Kier alpha value is -2.07. The Kier molecular flexibility index (Phi) is 4.75. The van der Waals surface area contributed by atoms with Gasteiger partial charge in [-0.25, -0.2) is 4.39 Å². The zero-order valence-electron chi connectivity index (χ0n) is 10.8. The normalized spacial score (nSPS) is 11.3. The van der Waals surface area contributed by atoms with E-state index in [1.807, 2.05) is 19.2 Å². The molecular formula is C15H16FN3. The molecule has 0 aliphatic rings. The van der Waals surface area contributed by atoms with Gasteiger partial charge in [0.2, 0.25) is 0 Å². The SMILES string of the molecule is CN(CC=Cc1ccc(F)cc1)Cc1cnccn1. The van der Waals surface area contributed by atoms with Crippen LogP contribution in [0.2, 0.25) is 0 Å². The number of halogens is 1. The highest BCUT2D eigenvalue weighted by Crippen LogP contribution is 2.05. The number of likely N-dealkylation sites (N-methyl/N-ethyl adjacent to an activating group) is 1. The minimum absolute atomic E-state index is 0.211. The molecule has 98 valence electrons. The summed E-state index contributed by atoms with van der Waals surface area (Å²) in [6.07, 6.45) is 9.14. The highest BCUT2D eigenvalue weighted by atomic mass is 19.1. The summed E-state index contributed by atoms with van der Waals surface area (Å²) < 4.78 is 12.7. The van der Waals surface area contributed by atoms with Crippen molar-refractivity contribution >= 4 is 6.08 Å². The number of nitrogens with zero attached hydrogens (tertiary/aromatic N) is 3. The van der Waals surface area contributed by atoms with Crippen LogP contribution in [0, 0.1) is 5.82 Å². The molecule has 1 aromatic heterocycles. The van der Waals surface area contributed by atoms with Gasteiger partial charge in [0.15, 0.2) is 0 Å². The van der Waals surface area contributed by atoms with Crippen LogP contribution >= 0.6 is 0 Å². The van der Waals surface area contributed by atoms with Gasteiger partial charge in [-0.2, -0.15) is 0 Å². The molecule has 0 fully saturated rings. The third-order valence-corrected chi connectivity index (χ3v) is 2.65. The standard InChI is InChI=1S/C15H16FN3/c1-19(12-15-11-17-8-9-18-15)10-2-3-13-4-6-14(16)7-5-13/h2-9,11H,10,12H2,1H3. The summed E-state index contributed by atoms with van der Waals surface area (Å²) in [6, 6.07) is 6.44. The molecule has 0 amide bonds. The van der Waals surface area contributed by atoms with Gasteiger partial charge < -0.3 is 0 Å². The van der Waals surface area contributed by atoms with E-state index in [-0.39, 0.29) is 5.82 Å². The average molecular weight is 257 g/mol. The third-order valence-electron chi connectivity index (χ3n) is 2.65. The average Bonchev–Trinajstić information content (AvgIpc) is 2.42. The summed E-state index contributed by atoms with van der Waals surface area (Å²) in [6.45, 7) is 1.55. The van der Waals surface area contributed by atoms with E-state index in [1.165, 1.54) is 12.1 Å². The van der Waals surface area contributed by atoms with Crippen LogP contribution in [0.5, 0.6) is 0 Å². The second kappa shape index (κ2) is 6.75. The summed E-state index contributed by atoms with van der Waals surface area (Å²) in [5, 5.41) is 0. The maximum atomic E-state index is 12.7. The van der Waals surface area contributed by atoms with Crippen molar-refractivity contribution in [2.24, 2.45) is 0 Å². The number of hydrogen-bond donors (Lipinski definition) is 0. The maximum absolute atomic E-state index is 12.7. The summed E-state index contributed by atoms with van der Waals surface area (Å²) >= 11 is 0. The fourth-order valence-corrected chi connectivity index (χ4v) is 1.70. The van der Waals surface area contributed by atoms with Crippen molar-refractivity contribution in [3.8, 4) is 0 Å². The molecule has 0 saturated carbocycles. The van der Waals surface area contributed by atoms with Gasteiger partial charge in [0.05, 0.1) is 5.69 Å². The molecule has 2 rings (SSSR count). The number of hydrogen-bond acceptors (Lipinski definition) is 3. The Morgan fingerprint density at radius 2 is 2.00 bits per heavy atom. The van der Waals surface area contributed by atoms with Gasteiger partial charge in [-0.15, -0.1) is 0 Å². The molecule has 1 heterocycles. The third kappa shape index (κ3) is 4.60. The predicted octanol–water partition coefficient (Wildman–Crippen LogP) is 2.76. The molecule has 0 unspecified atom stereocenters. The van der Waals surface area contributed by atoms with Gasteiger partial charge >= 0.3 is 0 Å². The number of aromatic nitrogens is 2. The van der Waals surface area contributed by atoms with Crippen LogP contribution in [-0.4, -0.2) is 28.5 Å². The van der Waals surface area contributed by atoms with Crippen LogP contribution in [0.15, 0.2) is 48.9 Å². The van der Waals surface area contributed by atoms with E-state index in [2.05, 4.69) is 14.9 Å². The molecule has 0 aliphatic heterocycles. The molecule has 0 spiro atoms. The molecule has 19 heavy (non-hydrogen) atoms. The maximum Gasteiger partial charge on any atom is 0.123 e. The van der Waals surface area contributed by atoms with Crippen molar-refractivity contribution < 1.29 is 4.39 Å². The lowest BCUT2D eigenvalue weighted by molar-refractivity contribution is 0.358. The first-order valence-electron chi connectivity index (χ1n) is 6.09. The van der Waals surface area contributed by atoms with E-state index >= 15 is 0 Å². The molecule has 0 bridgehead atoms. The van der Waals surface area contributed by atoms with Crippen LogP contribution in [0.1, 0.15) is 11.3 Å². The molecule has 0 atom stereocenters. The minimum Gasteiger partial charge on any atom is -0.297 e. The first-order valence-corrected chi connectivity index (χ1v) is 6.09. The molecule has 0 aliphatic carbocycles. The van der Waals surface area contributed by atoms with Gasteiger partial charge in [-0.3, -0.25) is 14.9 Å². The molecular weight excluding hydrogens is 241 g/mol. The lowest BCUT2D eigenvalue weighted by Gasteiger charge is -2.12. The van der Waals surface area contributed by atoms with Gasteiger partial charge in [0.1, 0.15) is 5.82 Å². The fraction of sp³-hybridized carbons (Fsp3) is 0.200. The summed E-state index contributed by atoms with van der Waals surface area (Å²) in [4.78, 5) is 10.4. The minimum atomic E-state index is -0.211. The molecule has 2 aromatic rings. The molecule has 1 aromatic carbocycles. The van der Waals surface area contributed by atoms with Gasteiger partial charge in [0.25, 0.3) is 0 Å². The molecule has 0 saturated heterocycles. The summed E-state index contributed by atoms with van der Waals surface area (Å²) in [7, 11) is 2.02. The monoisotopic (exact) mass is 257 g/mol. The van der Waals surface area contributed by atoms with Gasteiger partial charge in [-0.1, -0.05) is 24.3 Å². The Morgan fingerprint density at radius 3 is 2.68 bits per heavy atom. The van der Waals surface area contributed by atoms with Crippen molar-refractivity contribution in [3.05, 3.63) is 66.0 Å². The van der Waals surface area contributed by atoms with E-state index in [1.54, 1.807) is 30.7 Å². The molecule has 0 N–H and O–H groups in total. The Balaban J connectivity index is 1.83. The smallest absolute Gasteiger partial charge is 0.123 e.